The van der Waals surface area contributed by atoms with E-state index in [2.05, 4.69) is 27.7 Å². The molecule has 0 spiro atoms. The summed E-state index contributed by atoms with van der Waals surface area (Å²) in [6.45, 7) is 4.83. The topological polar surface area (TPSA) is 44.4 Å². The van der Waals surface area contributed by atoms with Crippen LogP contribution >= 0.6 is 0 Å². The predicted molar refractivity (Wildman–Crippen MR) is 62.7 cm³/mol. The largest absolute Gasteiger partial charge is 0.369 e. The molecule has 16 heavy (non-hydrogen) atoms. The van der Waals surface area contributed by atoms with Crippen LogP contribution in [0.15, 0.2) is 18.2 Å². The molecule has 1 aromatic carbocycles. The number of benzene rings is 1. The number of piperazine rings is 1. The molecule has 1 aromatic rings. The first-order valence-electron chi connectivity index (χ1n) is 5.71. The minimum atomic E-state index is 0.0573. The third-order valence-electron chi connectivity index (χ3n) is 3.25. The van der Waals surface area contributed by atoms with Crippen LogP contribution in [-0.2, 0) is 6.54 Å². The van der Waals surface area contributed by atoms with Crippen molar-refractivity contribution in [3.05, 3.63) is 29.3 Å². The fraction of sp³-hybridized carbons (Fsp3) is 0.417. The van der Waals surface area contributed by atoms with E-state index in [1.165, 1.54) is 5.69 Å². The zero-order chi connectivity index (χ0) is 11.0. The summed E-state index contributed by atoms with van der Waals surface area (Å²) in [7, 11) is 0. The number of hydrogen-bond donors (Lipinski definition) is 2. The van der Waals surface area contributed by atoms with Gasteiger partial charge in [-0.25, -0.2) is 0 Å². The van der Waals surface area contributed by atoms with Crippen LogP contribution in [-0.4, -0.2) is 32.1 Å². The van der Waals surface area contributed by atoms with Crippen molar-refractivity contribution in [2.75, 3.05) is 31.1 Å². The quantitative estimate of drug-likeness (QED) is 0.713. The summed E-state index contributed by atoms with van der Waals surface area (Å²) in [5.41, 5.74) is 3.19. The van der Waals surface area contributed by atoms with Crippen molar-refractivity contribution in [1.29, 1.82) is 0 Å². The summed E-state index contributed by atoms with van der Waals surface area (Å²) in [4.78, 5) is 13.8. The highest BCUT2D eigenvalue weighted by Gasteiger charge is 2.20. The van der Waals surface area contributed by atoms with Gasteiger partial charge in [0.1, 0.15) is 0 Å². The van der Waals surface area contributed by atoms with Gasteiger partial charge in [0.05, 0.1) is 0 Å². The summed E-state index contributed by atoms with van der Waals surface area (Å²) in [5.74, 6) is 0.0573. The minimum Gasteiger partial charge on any atom is -0.369 e. The Morgan fingerprint density at radius 3 is 2.81 bits per heavy atom. The molecule has 1 saturated heterocycles. The van der Waals surface area contributed by atoms with Crippen LogP contribution < -0.4 is 15.5 Å². The number of carbonyl (C=O) groups is 1. The molecule has 4 heteroatoms. The molecule has 1 amide bonds. The lowest BCUT2D eigenvalue weighted by Gasteiger charge is -2.29. The van der Waals surface area contributed by atoms with Crippen molar-refractivity contribution in [1.82, 2.24) is 10.6 Å². The highest BCUT2D eigenvalue weighted by atomic mass is 16.1. The van der Waals surface area contributed by atoms with Crippen LogP contribution in [0.3, 0.4) is 0 Å². The monoisotopic (exact) mass is 217 g/mol. The van der Waals surface area contributed by atoms with E-state index < -0.39 is 0 Å². The highest BCUT2D eigenvalue weighted by molar-refractivity contribution is 5.98. The Kier molecular flexibility index (Phi) is 2.29. The van der Waals surface area contributed by atoms with E-state index in [1.807, 2.05) is 6.07 Å². The van der Waals surface area contributed by atoms with E-state index in [0.717, 1.165) is 37.3 Å². The van der Waals surface area contributed by atoms with Gasteiger partial charge >= 0.3 is 0 Å². The van der Waals surface area contributed by atoms with E-state index in [1.54, 1.807) is 0 Å². The zero-order valence-electron chi connectivity index (χ0n) is 9.12. The van der Waals surface area contributed by atoms with Crippen LogP contribution in [0.4, 0.5) is 5.69 Å². The molecule has 0 aliphatic carbocycles. The Bertz CT molecular complexity index is 424. The second-order valence-electron chi connectivity index (χ2n) is 4.26. The van der Waals surface area contributed by atoms with Gasteiger partial charge in [-0.05, 0) is 23.8 Å². The number of amides is 1. The van der Waals surface area contributed by atoms with Crippen LogP contribution in [0.5, 0.6) is 0 Å². The molecule has 0 aromatic heterocycles. The number of nitrogens with one attached hydrogen (secondary N) is 2. The first-order chi connectivity index (χ1) is 7.84. The summed E-state index contributed by atoms with van der Waals surface area (Å²) < 4.78 is 0. The summed E-state index contributed by atoms with van der Waals surface area (Å²) >= 11 is 0. The van der Waals surface area contributed by atoms with Crippen LogP contribution in [0.1, 0.15) is 15.9 Å². The molecule has 2 aliphatic heterocycles. The standard InChI is InChI=1S/C12H15N3O/c16-12-11-2-1-10(7-9(11)8-14-12)15-5-3-13-4-6-15/h1-2,7,13H,3-6,8H2,(H,14,16). The fourth-order valence-corrected chi connectivity index (χ4v) is 2.34. The molecule has 0 radical (unpaired) electrons. The second-order valence-corrected chi connectivity index (χ2v) is 4.26. The lowest BCUT2D eigenvalue weighted by Crippen LogP contribution is -2.43. The number of nitrogens with zero attached hydrogens (tertiary/aromatic N) is 1. The summed E-state index contributed by atoms with van der Waals surface area (Å²) in [5, 5.41) is 6.18. The SMILES string of the molecule is O=C1NCc2cc(N3CCNCC3)ccc21. The van der Waals surface area contributed by atoms with Crippen molar-refractivity contribution < 1.29 is 4.79 Å². The zero-order valence-corrected chi connectivity index (χ0v) is 9.12. The van der Waals surface area contributed by atoms with Gasteiger partial charge in [0.2, 0.25) is 0 Å². The fourth-order valence-electron chi connectivity index (χ4n) is 2.34. The molecule has 2 N–H and O–H groups in total. The van der Waals surface area contributed by atoms with Gasteiger partial charge in [0.25, 0.3) is 5.91 Å². The van der Waals surface area contributed by atoms with Crippen molar-refractivity contribution in [2.24, 2.45) is 0 Å². The van der Waals surface area contributed by atoms with Crippen molar-refractivity contribution >= 4 is 11.6 Å². The number of hydrogen-bond acceptors (Lipinski definition) is 3. The third-order valence-corrected chi connectivity index (χ3v) is 3.25. The third kappa shape index (κ3) is 1.55. The predicted octanol–water partition coefficient (Wildman–Crippen LogP) is 0.340. The molecule has 2 heterocycles. The average molecular weight is 217 g/mol. The van der Waals surface area contributed by atoms with Gasteiger partial charge in [-0.3, -0.25) is 4.79 Å². The van der Waals surface area contributed by atoms with Crippen molar-refractivity contribution in [3.63, 3.8) is 0 Å². The number of fused-ring (bicyclic) bond motifs is 1. The summed E-state index contributed by atoms with van der Waals surface area (Å²) in [6, 6.07) is 6.13. The molecule has 84 valence electrons. The molecule has 0 atom stereocenters. The lowest BCUT2D eigenvalue weighted by molar-refractivity contribution is 0.0966. The van der Waals surface area contributed by atoms with E-state index in [9.17, 15) is 4.79 Å². The van der Waals surface area contributed by atoms with Gasteiger partial charge < -0.3 is 15.5 Å². The molecule has 0 unspecified atom stereocenters. The Hall–Kier alpha value is -1.55. The number of carbonyl (C=O) groups excluding carboxylic acids is 1. The summed E-state index contributed by atoms with van der Waals surface area (Å²) in [6.07, 6.45) is 0. The smallest absolute Gasteiger partial charge is 0.251 e. The Labute approximate surface area is 94.6 Å². The van der Waals surface area contributed by atoms with Gasteiger partial charge in [0, 0.05) is 44.0 Å². The van der Waals surface area contributed by atoms with E-state index in [-0.39, 0.29) is 5.91 Å². The van der Waals surface area contributed by atoms with E-state index in [4.69, 9.17) is 0 Å². The van der Waals surface area contributed by atoms with Crippen LogP contribution in [0, 0.1) is 0 Å². The maximum absolute atomic E-state index is 11.4. The maximum Gasteiger partial charge on any atom is 0.251 e. The normalized spacial score (nSPS) is 19.5. The Morgan fingerprint density at radius 1 is 1.19 bits per heavy atom. The first-order valence-corrected chi connectivity index (χ1v) is 5.71. The van der Waals surface area contributed by atoms with Crippen molar-refractivity contribution in [3.8, 4) is 0 Å². The Balaban J connectivity index is 1.89. The molecule has 1 fully saturated rings. The molecule has 2 aliphatic rings. The Morgan fingerprint density at radius 2 is 2.00 bits per heavy atom. The number of anilines is 1. The van der Waals surface area contributed by atoms with Gasteiger partial charge in [0.15, 0.2) is 0 Å². The molecular formula is C12H15N3O. The second kappa shape index (κ2) is 3.79. The number of rotatable bonds is 1. The molecule has 4 nitrogen and oxygen atoms in total. The molecular weight excluding hydrogens is 202 g/mol. The van der Waals surface area contributed by atoms with Crippen LogP contribution in [0.2, 0.25) is 0 Å². The average Bonchev–Trinajstić information content (AvgIpc) is 2.72. The first kappa shape index (κ1) is 9.66. The molecule has 0 saturated carbocycles. The highest BCUT2D eigenvalue weighted by Crippen LogP contribution is 2.23. The van der Waals surface area contributed by atoms with Gasteiger partial charge in [-0.2, -0.15) is 0 Å². The van der Waals surface area contributed by atoms with Gasteiger partial charge in [-0.1, -0.05) is 0 Å². The minimum absolute atomic E-state index is 0.0573. The maximum atomic E-state index is 11.4. The molecule has 0 bridgehead atoms. The van der Waals surface area contributed by atoms with E-state index >= 15 is 0 Å². The lowest BCUT2D eigenvalue weighted by atomic mass is 10.1. The molecule has 3 rings (SSSR count). The van der Waals surface area contributed by atoms with Crippen LogP contribution in [0.25, 0.3) is 0 Å². The van der Waals surface area contributed by atoms with Gasteiger partial charge in [-0.15, -0.1) is 0 Å². The van der Waals surface area contributed by atoms with E-state index in [0.29, 0.717) is 6.54 Å². The van der Waals surface area contributed by atoms with Crippen molar-refractivity contribution in [2.45, 2.75) is 6.54 Å².